The van der Waals surface area contributed by atoms with Crippen molar-refractivity contribution < 1.29 is 22.8 Å². The summed E-state index contributed by atoms with van der Waals surface area (Å²) in [5.74, 6) is -0.994. The van der Waals surface area contributed by atoms with Gasteiger partial charge in [0.1, 0.15) is 0 Å². The number of amides is 1. The van der Waals surface area contributed by atoms with Crippen molar-refractivity contribution in [2.45, 2.75) is 12.8 Å². The Morgan fingerprint density at radius 2 is 2.00 bits per heavy atom. The first-order chi connectivity index (χ1) is 9.89. The first-order valence-corrected chi connectivity index (χ1v) is 5.95. The van der Waals surface area contributed by atoms with Crippen molar-refractivity contribution in [1.29, 1.82) is 0 Å². The Labute approximate surface area is 118 Å². The number of hydrogen-bond acceptors (Lipinski definition) is 3. The van der Waals surface area contributed by atoms with E-state index in [9.17, 15) is 18.0 Å². The summed E-state index contributed by atoms with van der Waals surface area (Å²) in [6, 6.07) is 8.90. The molecule has 0 unspecified atom stereocenters. The largest absolute Gasteiger partial charge is 0.433 e. The molecular formula is C13H12F3N3O2. The van der Waals surface area contributed by atoms with Crippen LogP contribution in [0.3, 0.4) is 0 Å². The Morgan fingerprint density at radius 1 is 1.33 bits per heavy atom. The number of benzene rings is 1. The van der Waals surface area contributed by atoms with Gasteiger partial charge in [-0.05, 0) is 5.56 Å². The normalized spacial score (nSPS) is 11.4. The maximum atomic E-state index is 12.8. The van der Waals surface area contributed by atoms with E-state index >= 15 is 0 Å². The molecule has 1 aromatic heterocycles. The van der Waals surface area contributed by atoms with Gasteiger partial charge in [-0.1, -0.05) is 30.3 Å². The van der Waals surface area contributed by atoms with Gasteiger partial charge in [0.2, 0.25) is 0 Å². The van der Waals surface area contributed by atoms with Crippen molar-refractivity contribution in [2.75, 3.05) is 0 Å². The highest BCUT2D eigenvalue weighted by molar-refractivity contribution is 5.94. The molecule has 0 aliphatic rings. The van der Waals surface area contributed by atoms with Crippen LogP contribution in [-0.2, 0) is 24.7 Å². The van der Waals surface area contributed by atoms with E-state index in [-0.39, 0.29) is 6.61 Å². The Hall–Kier alpha value is -2.35. The third kappa shape index (κ3) is 3.60. The minimum atomic E-state index is -4.67. The first-order valence-electron chi connectivity index (χ1n) is 5.95. The van der Waals surface area contributed by atoms with E-state index in [1.807, 2.05) is 11.5 Å². The summed E-state index contributed by atoms with van der Waals surface area (Å²) in [5, 5.41) is 3.45. The highest BCUT2D eigenvalue weighted by atomic mass is 19.4. The smallest absolute Gasteiger partial charge is 0.269 e. The van der Waals surface area contributed by atoms with Crippen LogP contribution in [0.5, 0.6) is 0 Å². The maximum Gasteiger partial charge on any atom is 0.433 e. The molecule has 0 spiro atoms. The second kappa shape index (κ2) is 5.96. The van der Waals surface area contributed by atoms with Gasteiger partial charge in [0.05, 0.1) is 18.4 Å². The van der Waals surface area contributed by atoms with E-state index in [2.05, 4.69) is 5.10 Å². The van der Waals surface area contributed by atoms with Crippen LogP contribution >= 0.6 is 0 Å². The molecular weight excluding hydrogens is 287 g/mol. The molecule has 5 nitrogen and oxygen atoms in total. The molecule has 2 rings (SSSR count). The zero-order valence-corrected chi connectivity index (χ0v) is 11.0. The summed E-state index contributed by atoms with van der Waals surface area (Å²) in [7, 11) is 1.12. The van der Waals surface area contributed by atoms with E-state index in [1.54, 1.807) is 24.3 Å². The number of nitrogens with one attached hydrogen (secondary N) is 1. The number of aromatic nitrogens is 2. The van der Waals surface area contributed by atoms with Crippen molar-refractivity contribution in [2.24, 2.45) is 7.05 Å². The fraction of sp³-hybridized carbons (Fsp3) is 0.231. The van der Waals surface area contributed by atoms with Crippen LogP contribution in [0.2, 0.25) is 0 Å². The van der Waals surface area contributed by atoms with Gasteiger partial charge in [0, 0.05) is 7.05 Å². The van der Waals surface area contributed by atoms with Crippen LogP contribution in [0.1, 0.15) is 21.6 Å². The lowest BCUT2D eigenvalue weighted by atomic mass is 10.2. The van der Waals surface area contributed by atoms with Crippen molar-refractivity contribution in [3.05, 3.63) is 53.3 Å². The fourth-order valence-electron chi connectivity index (χ4n) is 1.75. The molecule has 112 valence electrons. The van der Waals surface area contributed by atoms with Crippen LogP contribution in [0.25, 0.3) is 0 Å². The molecule has 0 saturated carbocycles. The van der Waals surface area contributed by atoms with Gasteiger partial charge in [-0.2, -0.15) is 18.3 Å². The maximum absolute atomic E-state index is 12.8. The van der Waals surface area contributed by atoms with Crippen molar-refractivity contribution in [3.63, 3.8) is 0 Å². The Kier molecular flexibility index (Phi) is 4.27. The van der Waals surface area contributed by atoms with E-state index in [0.717, 1.165) is 18.8 Å². The molecule has 0 aliphatic heterocycles. The quantitative estimate of drug-likeness (QED) is 0.881. The highest BCUT2D eigenvalue weighted by Crippen LogP contribution is 2.31. The van der Waals surface area contributed by atoms with Crippen molar-refractivity contribution >= 4 is 5.91 Å². The van der Waals surface area contributed by atoms with Crippen molar-refractivity contribution in [1.82, 2.24) is 15.3 Å². The van der Waals surface area contributed by atoms with Crippen LogP contribution in [-0.4, -0.2) is 15.7 Å². The zero-order valence-electron chi connectivity index (χ0n) is 11.0. The van der Waals surface area contributed by atoms with Gasteiger partial charge < -0.3 is 0 Å². The summed E-state index contributed by atoms with van der Waals surface area (Å²) in [4.78, 5) is 16.6. The number of halogens is 3. The molecule has 1 N–H and O–H groups in total. The van der Waals surface area contributed by atoms with Gasteiger partial charge in [-0.25, -0.2) is 5.48 Å². The number of hydrogen-bond donors (Lipinski definition) is 1. The lowest BCUT2D eigenvalue weighted by molar-refractivity contribution is -0.144. The first kappa shape index (κ1) is 15.0. The zero-order chi connectivity index (χ0) is 15.5. The molecule has 0 radical (unpaired) electrons. The summed E-state index contributed by atoms with van der Waals surface area (Å²) < 4.78 is 39.0. The van der Waals surface area contributed by atoms with Crippen LogP contribution < -0.4 is 5.48 Å². The minimum absolute atomic E-state index is 0.0498. The molecule has 0 atom stereocenters. The van der Waals surface area contributed by atoms with Gasteiger partial charge in [-0.3, -0.25) is 14.3 Å². The number of nitrogens with zero attached hydrogens (tertiary/aromatic N) is 2. The molecule has 0 fully saturated rings. The SMILES string of the molecule is Cn1ncc(C(=O)NOCc2ccccc2)c1C(F)(F)F. The Bertz CT molecular complexity index is 623. The average Bonchev–Trinajstić information content (AvgIpc) is 2.82. The highest BCUT2D eigenvalue weighted by Gasteiger charge is 2.39. The molecule has 0 bridgehead atoms. The summed E-state index contributed by atoms with van der Waals surface area (Å²) in [5.41, 5.74) is 1.05. The van der Waals surface area contributed by atoms with E-state index in [1.165, 1.54) is 0 Å². The van der Waals surface area contributed by atoms with E-state index in [0.29, 0.717) is 4.68 Å². The minimum Gasteiger partial charge on any atom is -0.269 e. The van der Waals surface area contributed by atoms with Gasteiger partial charge in [-0.15, -0.1) is 0 Å². The molecule has 21 heavy (non-hydrogen) atoms. The third-order valence-corrected chi connectivity index (χ3v) is 2.70. The molecule has 0 saturated heterocycles. The molecule has 2 aromatic rings. The number of alkyl halides is 3. The second-order valence-corrected chi connectivity index (χ2v) is 4.23. The predicted molar refractivity (Wildman–Crippen MR) is 66.9 cm³/mol. The molecule has 0 aliphatic carbocycles. The lowest BCUT2D eigenvalue weighted by Gasteiger charge is -2.10. The van der Waals surface area contributed by atoms with E-state index < -0.39 is 23.3 Å². The Balaban J connectivity index is 2.01. The van der Waals surface area contributed by atoms with Crippen LogP contribution in [0.15, 0.2) is 36.5 Å². The molecule has 1 aromatic carbocycles. The number of rotatable bonds is 4. The predicted octanol–water partition coefficient (Wildman–Crippen LogP) is 2.30. The van der Waals surface area contributed by atoms with Gasteiger partial charge in [0.25, 0.3) is 5.91 Å². The molecule has 1 heterocycles. The third-order valence-electron chi connectivity index (χ3n) is 2.70. The second-order valence-electron chi connectivity index (χ2n) is 4.23. The number of hydroxylamine groups is 1. The lowest BCUT2D eigenvalue weighted by Crippen LogP contribution is -2.26. The number of carbonyl (C=O) groups is 1. The van der Waals surface area contributed by atoms with Gasteiger partial charge in [0.15, 0.2) is 5.69 Å². The number of carbonyl (C=O) groups excluding carboxylic acids is 1. The number of aryl methyl sites for hydroxylation is 1. The summed E-state index contributed by atoms with van der Waals surface area (Å²) >= 11 is 0. The summed E-state index contributed by atoms with van der Waals surface area (Å²) in [6.07, 6.45) is -3.82. The van der Waals surface area contributed by atoms with Crippen LogP contribution in [0.4, 0.5) is 13.2 Å². The monoisotopic (exact) mass is 299 g/mol. The molecule has 1 amide bonds. The average molecular weight is 299 g/mol. The van der Waals surface area contributed by atoms with Gasteiger partial charge >= 0.3 is 6.18 Å². The standard InChI is InChI=1S/C13H12F3N3O2/c1-19-11(13(14,15)16)10(7-17-19)12(20)18-21-8-9-5-3-2-4-6-9/h2-7H,8H2,1H3,(H,18,20). The van der Waals surface area contributed by atoms with E-state index in [4.69, 9.17) is 4.84 Å². The van der Waals surface area contributed by atoms with Crippen molar-refractivity contribution in [3.8, 4) is 0 Å². The molecule has 8 heteroatoms. The fourth-order valence-corrected chi connectivity index (χ4v) is 1.75. The summed E-state index contributed by atoms with van der Waals surface area (Å²) in [6.45, 7) is 0.0498. The Morgan fingerprint density at radius 3 is 2.62 bits per heavy atom. The topological polar surface area (TPSA) is 56.2 Å². The van der Waals surface area contributed by atoms with Crippen LogP contribution in [0, 0.1) is 0 Å².